The Labute approximate surface area is 88.3 Å². The molecule has 1 unspecified atom stereocenters. The summed E-state index contributed by atoms with van der Waals surface area (Å²) in [5.74, 6) is -1.63. The molecule has 0 heterocycles. The van der Waals surface area contributed by atoms with Crippen LogP contribution >= 0.6 is 0 Å². The topological polar surface area (TPSA) is 21.3 Å². The van der Waals surface area contributed by atoms with Crippen molar-refractivity contribution in [2.24, 2.45) is 0 Å². The van der Waals surface area contributed by atoms with Gasteiger partial charge in [0.1, 0.15) is 0 Å². The highest BCUT2D eigenvalue weighted by atomic mass is 19.2. The molecule has 0 aliphatic carbocycles. The summed E-state index contributed by atoms with van der Waals surface area (Å²) in [5, 5.41) is 3.03. The first-order valence-corrected chi connectivity index (χ1v) is 4.80. The highest BCUT2D eigenvalue weighted by molar-refractivity contribution is 5.21. The summed E-state index contributed by atoms with van der Waals surface area (Å²) >= 11 is 0. The van der Waals surface area contributed by atoms with Crippen LogP contribution in [0, 0.1) is 11.6 Å². The standard InChI is InChI=1S/C11H15F2NO/c1-14-11(5-6-15-2)8-3-4-9(12)10(13)7-8/h3-4,7,11,14H,5-6H2,1-2H3. The van der Waals surface area contributed by atoms with Crippen LogP contribution in [0.1, 0.15) is 18.0 Å². The summed E-state index contributed by atoms with van der Waals surface area (Å²) in [7, 11) is 3.39. The Morgan fingerprint density at radius 3 is 2.60 bits per heavy atom. The average molecular weight is 215 g/mol. The van der Waals surface area contributed by atoms with Crippen molar-refractivity contribution in [3.63, 3.8) is 0 Å². The highest BCUT2D eigenvalue weighted by Crippen LogP contribution is 2.18. The smallest absolute Gasteiger partial charge is 0.159 e. The Hall–Kier alpha value is -1.00. The normalized spacial score (nSPS) is 12.8. The molecule has 1 aromatic rings. The average Bonchev–Trinajstić information content (AvgIpc) is 2.24. The molecule has 0 saturated carbocycles. The molecule has 0 saturated heterocycles. The molecule has 0 bridgehead atoms. The van der Waals surface area contributed by atoms with Crippen LogP contribution in [-0.4, -0.2) is 20.8 Å². The van der Waals surface area contributed by atoms with E-state index in [0.29, 0.717) is 6.61 Å². The van der Waals surface area contributed by atoms with Crippen LogP contribution in [0.25, 0.3) is 0 Å². The lowest BCUT2D eigenvalue weighted by molar-refractivity contribution is 0.184. The number of nitrogens with one attached hydrogen (secondary N) is 1. The highest BCUT2D eigenvalue weighted by Gasteiger charge is 2.11. The van der Waals surface area contributed by atoms with Gasteiger partial charge in [-0.05, 0) is 31.2 Å². The van der Waals surface area contributed by atoms with E-state index in [1.54, 1.807) is 20.2 Å². The minimum absolute atomic E-state index is 0.0138. The van der Waals surface area contributed by atoms with Gasteiger partial charge in [0, 0.05) is 19.8 Å². The van der Waals surface area contributed by atoms with Gasteiger partial charge in [-0.15, -0.1) is 0 Å². The lowest BCUT2D eigenvalue weighted by Crippen LogP contribution is -2.18. The fourth-order valence-electron chi connectivity index (χ4n) is 1.44. The molecular formula is C11H15F2NO. The lowest BCUT2D eigenvalue weighted by Gasteiger charge is -2.16. The molecule has 1 aromatic carbocycles. The second-order valence-electron chi connectivity index (χ2n) is 3.30. The molecule has 0 aliphatic heterocycles. The van der Waals surface area contributed by atoms with E-state index >= 15 is 0 Å². The predicted molar refractivity (Wildman–Crippen MR) is 54.7 cm³/mol. The van der Waals surface area contributed by atoms with Crippen LogP contribution in [0.4, 0.5) is 8.78 Å². The molecule has 1 N–H and O–H groups in total. The van der Waals surface area contributed by atoms with Crippen molar-refractivity contribution in [1.29, 1.82) is 0 Å². The summed E-state index contributed by atoms with van der Waals surface area (Å²) in [6.07, 6.45) is 0.720. The Morgan fingerprint density at radius 1 is 1.33 bits per heavy atom. The van der Waals surface area contributed by atoms with E-state index in [4.69, 9.17) is 4.74 Å². The molecule has 1 rings (SSSR count). The Morgan fingerprint density at radius 2 is 2.07 bits per heavy atom. The van der Waals surface area contributed by atoms with Crippen LogP contribution in [0.2, 0.25) is 0 Å². The number of hydrogen-bond acceptors (Lipinski definition) is 2. The van der Waals surface area contributed by atoms with Gasteiger partial charge in [-0.2, -0.15) is 0 Å². The number of methoxy groups -OCH3 is 1. The number of halogens is 2. The number of benzene rings is 1. The minimum atomic E-state index is -0.819. The van der Waals surface area contributed by atoms with E-state index in [1.165, 1.54) is 6.07 Å². The van der Waals surface area contributed by atoms with Crippen molar-refractivity contribution in [1.82, 2.24) is 5.32 Å². The fraction of sp³-hybridized carbons (Fsp3) is 0.455. The van der Waals surface area contributed by atoms with Gasteiger partial charge in [-0.25, -0.2) is 8.78 Å². The molecule has 0 aromatic heterocycles. The predicted octanol–water partition coefficient (Wildman–Crippen LogP) is 2.26. The van der Waals surface area contributed by atoms with Gasteiger partial charge >= 0.3 is 0 Å². The maximum atomic E-state index is 13.0. The van der Waals surface area contributed by atoms with Gasteiger partial charge in [0.15, 0.2) is 11.6 Å². The first-order chi connectivity index (χ1) is 7.19. The Kier molecular flexibility index (Phi) is 4.65. The van der Waals surface area contributed by atoms with Gasteiger partial charge in [0.05, 0.1) is 0 Å². The third kappa shape index (κ3) is 3.25. The molecule has 0 spiro atoms. The van der Waals surface area contributed by atoms with Crippen molar-refractivity contribution in [3.8, 4) is 0 Å². The van der Waals surface area contributed by atoms with Crippen molar-refractivity contribution < 1.29 is 13.5 Å². The van der Waals surface area contributed by atoms with E-state index in [9.17, 15) is 8.78 Å². The van der Waals surface area contributed by atoms with Crippen molar-refractivity contribution in [2.45, 2.75) is 12.5 Å². The van der Waals surface area contributed by atoms with E-state index in [1.807, 2.05) is 0 Å². The zero-order valence-corrected chi connectivity index (χ0v) is 8.89. The number of hydrogen-bond donors (Lipinski definition) is 1. The summed E-state index contributed by atoms with van der Waals surface area (Å²) < 4.78 is 30.6. The molecule has 0 radical (unpaired) electrons. The molecular weight excluding hydrogens is 200 g/mol. The Balaban J connectivity index is 2.78. The molecule has 4 heteroatoms. The molecule has 0 aliphatic rings. The van der Waals surface area contributed by atoms with Crippen molar-refractivity contribution in [3.05, 3.63) is 35.4 Å². The summed E-state index contributed by atoms with van der Waals surface area (Å²) in [6, 6.07) is 3.92. The summed E-state index contributed by atoms with van der Waals surface area (Å²) in [6.45, 7) is 0.574. The monoisotopic (exact) mass is 215 g/mol. The van der Waals surface area contributed by atoms with Crippen LogP contribution in [-0.2, 0) is 4.74 Å². The van der Waals surface area contributed by atoms with Gasteiger partial charge in [-0.1, -0.05) is 6.07 Å². The van der Waals surface area contributed by atoms with Crippen molar-refractivity contribution >= 4 is 0 Å². The third-order valence-electron chi connectivity index (χ3n) is 2.31. The maximum Gasteiger partial charge on any atom is 0.159 e. The third-order valence-corrected chi connectivity index (χ3v) is 2.31. The van der Waals surface area contributed by atoms with Crippen LogP contribution in [0.3, 0.4) is 0 Å². The summed E-state index contributed by atoms with van der Waals surface area (Å²) in [4.78, 5) is 0. The van der Waals surface area contributed by atoms with E-state index in [-0.39, 0.29) is 6.04 Å². The number of ether oxygens (including phenoxy) is 1. The summed E-state index contributed by atoms with van der Waals surface area (Å²) in [5.41, 5.74) is 0.730. The van der Waals surface area contributed by atoms with E-state index in [0.717, 1.165) is 18.1 Å². The first-order valence-electron chi connectivity index (χ1n) is 4.80. The SMILES string of the molecule is CNC(CCOC)c1ccc(F)c(F)c1. The van der Waals surface area contributed by atoms with Gasteiger partial charge < -0.3 is 10.1 Å². The zero-order chi connectivity index (χ0) is 11.3. The van der Waals surface area contributed by atoms with Gasteiger partial charge in [0.25, 0.3) is 0 Å². The molecule has 84 valence electrons. The largest absolute Gasteiger partial charge is 0.385 e. The van der Waals surface area contributed by atoms with Gasteiger partial charge in [0.2, 0.25) is 0 Å². The van der Waals surface area contributed by atoms with Crippen molar-refractivity contribution in [2.75, 3.05) is 20.8 Å². The fourth-order valence-corrected chi connectivity index (χ4v) is 1.44. The molecule has 0 amide bonds. The second kappa shape index (κ2) is 5.78. The quantitative estimate of drug-likeness (QED) is 0.813. The van der Waals surface area contributed by atoms with Gasteiger partial charge in [-0.3, -0.25) is 0 Å². The number of rotatable bonds is 5. The minimum Gasteiger partial charge on any atom is -0.385 e. The van der Waals surface area contributed by atoms with E-state index in [2.05, 4.69) is 5.32 Å². The molecule has 2 nitrogen and oxygen atoms in total. The Bertz CT molecular complexity index is 317. The van der Waals surface area contributed by atoms with Crippen LogP contribution in [0.5, 0.6) is 0 Å². The molecule has 0 fully saturated rings. The van der Waals surface area contributed by atoms with Crippen LogP contribution < -0.4 is 5.32 Å². The first kappa shape index (κ1) is 12.1. The molecule has 1 atom stereocenters. The molecule has 15 heavy (non-hydrogen) atoms. The lowest BCUT2D eigenvalue weighted by atomic mass is 10.0. The maximum absolute atomic E-state index is 13.0. The van der Waals surface area contributed by atoms with Crippen LogP contribution in [0.15, 0.2) is 18.2 Å². The zero-order valence-electron chi connectivity index (χ0n) is 8.89. The van der Waals surface area contributed by atoms with E-state index < -0.39 is 11.6 Å². The second-order valence-corrected chi connectivity index (χ2v) is 3.30.